The van der Waals surface area contributed by atoms with Crippen molar-refractivity contribution < 1.29 is 9.18 Å². The van der Waals surface area contributed by atoms with Crippen molar-refractivity contribution in [2.45, 2.75) is 13.6 Å². The molecule has 58 valence electrons. The fourth-order valence-corrected chi connectivity index (χ4v) is 0.712. The number of Topliss-reactive ketones (excluding diaryl/α,β-unsaturated/α-hetero) is 1. The van der Waals surface area contributed by atoms with Gasteiger partial charge < -0.3 is 0 Å². The van der Waals surface area contributed by atoms with Crippen LogP contribution in [0, 0.1) is 0 Å². The molecule has 0 N–H and O–H groups in total. The molecule has 0 spiro atoms. The molecule has 1 rings (SSSR count). The Bertz CT molecular complexity index is 255. The van der Waals surface area contributed by atoms with Crippen molar-refractivity contribution in [3.63, 3.8) is 0 Å². The number of carbonyl (C=O) groups excluding carboxylic acids is 1. The van der Waals surface area contributed by atoms with Crippen molar-refractivity contribution in [2.75, 3.05) is 0 Å². The summed E-state index contributed by atoms with van der Waals surface area (Å²) in [5.74, 6) is -0.0529. The van der Waals surface area contributed by atoms with Gasteiger partial charge in [0.05, 0.1) is 5.69 Å². The van der Waals surface area contributed by atoms with E-state index in [0.29, 0.717) is 11.3 Å². The van der Waals surface area contributed by atoms with Gasteiger partial charge in [-0.25, -0.2) is 4.39 Å². The SMILES string of the molecule is CC(=O)c1ccc(CF)nc1. The minimum atomic E-state index is -0.585. The summed E-state index contributed by atoms with van der Waals surface area (Å²) in [6.07, 6.45) is 1.39. The summed E-state index contributed by atoms with van der Waals surface area (Å²) in [6.45, 7) is 0.865. The van der Waals surface area contributed by atoms with E-state index < -0.39 is 6.67 Å². The highest BCUT2D eigenvalue weighted by molar-refractivity contribution is 5.93. The lowest BCUT2D eigenvalue weighted by Crippen LogP contribution is -1.94. The molecule has 0 aliphatic rings. The summed E-state index contributed by atoms with van der Waals surface area (Å²) in [4.78, 5) is 14.4. The topological polar surface area (TPSA) is 30.0 Å². The second kappa shape index (κ2) is 3.23. The number of halogens is 1. The molecule has 11 heavy (non-hydrogen) atoms. The van der Waals surface area contributed by atoms with Crippen LogP contribution in [0.5, 0.6) is 0 Å². The molecule has 0 bridgehead atoms. The minimum Gasteiger partial charge on any atom is -0.294 e. The van der Waals surface area contributed by atoms with Crippen LogP contribution in [0.1, 0.15) is 23.0 Å². The lowest BCUT2D eigenvalue weighted by molar-refractivity contribution is 0.101. The summed E-state index contributed by atoms with van der Waals surface area (Å²) in [5, 5.41) is 0. The number of alkyl halides is 1. The Hall–Kier alpha value is -1.25. The lowest BCUT2D eigenvalue weighted by atomic mass is 10.2. The first kappa shape index (κ1) is 7.85. The second-order valence-electron chi connectivity index (χ2n) is 2.23. The summed E-state index contributed by atoms with van der Waals surface area (Å²) in [6, 6.07) is 3.08. The van der Waals surface area contributed by atoms with Crippen LogP contribution in [0.2, 0.25) is 0 Å². The average molecular weight is 153 g/mol. The monoisotopic (exact) mass is 153 g/mol. The highest BCUT2D eigenvalue weighted by atomic mass is 19.1. The van der Waals surface area contributed by atoms with Crippen LogP contribution in [0.4, 0.5) is 4.39 Å². The van der Waals surface area contributed by atoms with Crippen molar-refractivity contribution in [1.82, 2.24) is 4.98 Å². The van der Waals surface area contributed by atoms with E-state index in [1.807, 2.05) is 0 Å². The number of nitrogens with zero attached hydrogens (tertiary/aromatic N) is 1. The smallest absolute Gasteiger partial charge is 0.161 e. The zero-order valence-corrected chi connectivity index (χ0v) is 6.17. The van der Waals surface area contributed by atoms with E-state index in [2.05, 4.69) is 4.98 Å². The highest BCUT2D eigenvalue weighted by Crippen LogP contribution is 2.01. The van der Waals surface area contributed by atoms with Crippen LogP contribution >= 0.6 is 0 Å². The molecular weight excluding hydrogens is 145 g/mol. The number of carbonyl (C=O) groups is 1. The van der Waals surface area contributed by atoms with E-state index >= 15 is 0 Å². The van der Waals surface area contributed by atoms with Gasteiger partial charge in [0, 0.05) is 11.8 Å². The van der Waals surface area contributed by atoms with E-state index in [9.17, 15) is 9.18 Å². The van der Waals surface area contributed by atoms with Crippen LogP contribution < -0.4 is 0 Å². The Morgan fingerprint density at radius 1 is 1.64 bits per heavy atom. The van der Waals surface area contributed by atoms with Crippen LogP contribution in [-0.2, 0) is 6.67 Å². The van der Waals surface area contributed by atoms with E-state index in [-0.39, 0.29) is 5.78 Å². The first-order valence-electron chi connectivity index (χ1n) is 3.26. The molecule has 1 aromatic heterocycles. The Labute approximate surface area is 64.1 Å². The molecule has 0 aliphatic carbocycles. The summed E-state index contributed by atoms with van der Waals surface area (Å²) in [7, 11) is 0. The number of aromatic nitrogens is 1. The van der Waals surface area contributed by atoms with Gasteiger partial charge in [-0.1, -0.05) is 0 Å². The number of pyridine rings is 1. The molecule has 0 unspecified atom stereocenters. The van der Waals surface area contributed by atoms with Gasteiger partial charge in [0.1, 0.15) is 6.67 Å². The number of hydrogen-bond donors (Lipinski definition) is 0. The Balaban J connectivity index is 2.91. The fourth-order valence-electron chi connectivity index (χ4n) is 0.712. The third-order valence-corrected chi connectivity index (χ3v) is 1.37. The van der Waals surface area contributed by atoms with Crippen molar-refractivity contribution in [1.29, 1.82) is 0 Å². The molecule has 0 saturated carbocycles. The van der Waals surface area contributed by atoms with Gasteiger partial charge in [-0.15, -0.1) is 0 Å². The van der Waals surface area contributed by atoms with Crippen molar-refractivity contribution in [2.24, 2.45) is 0 Å². The maximum Gasteiger partial charge on any atom is 0.161 e. The molecule has 3 heteroatoms. The number of ketones is 1. The van der Waals surface area contributed by atoms with E-state index in [4.69, 9.17) is 0 Å². The number of hydrogen-bond acceptors (Lipinski definition) is 2. The van der Waals surface area contributed by atoms with Gasteiger partial charge in [-0.05, 0) is 19.1 Å². The quantitative estimate of drug-likeness (QED) is 0.606. The molecule has 0 fully saturated rings. The average Bonchev–Trinajstić information content (AvgIpc) is 2.05. The van der Waals surface area contributed by atoms with Gasteiger partial charge in [0.2, 0.25) is 0 Å². The molecule has 2 nitrogen and oxygen atoms in total. The largest absolute Gasteiger partial charge is 0.294 e. The maximum atomic E-state index is 11.9. The highest BCUT2D eigenvalue weighted by Gasteiger charge is 1.98. The van der Waals surface area contributed by atoms with Crippen LogP contribution in [0.15, 0.2) is 18.3 Å². The van der Waals surface area contributed by atoms with Crippen LogP contribution in [0.25, 0.3) is 0 Å². The summed E-state index contributed by atoms with van der Waals surface area (Å²) in [5.41, 5.74) is 0.872. The predicted octanol–water partition coefficient (Wildman–Crippen LogP) is 1.75. The van der Waals surface area contributed by atoms with Crippen molar-refractivity contribution >= 4 is 5.78 Å². The normalized spacial score (nSPS) is 9.64. The zero-order chi connectivity index (χ0) is 8.27. The van der Waals surface area contributed by atoms with Gasteiger partial charge in [-0.3, -0.25) is 9.78 Å². The molecular formula is C8H8FNO. The Morgan fingerprint density at radius 3 is 2.73 bits per heavy atom. The van der Waals surface area contributed by atoms with Gasteiger partial charge in [0.15, 0.2) is 5.78 Å². The maximum absolute atomic E-state index is 11.9. The fraction of sp³-hybridized carbons (Fsp3) is 0.250. The third-order valence-electron chi connectivity index (χ3n) is 1.37. The van der Waals surface area contributed by atoms with Crippen LogP contribution in [-0.4, -0.2) is 10.8 Å². The summed E-state index contributed by atoms with van der Waals surface area (Å²) >= 11 is 0. The molecule has 0 atom stereocenters. The van der Waals surface area contributed by atoms with E-state index in [1.165, 1.54) is 19.2 Å². The van der Waals surface area contributed by atoms with Gasteiger partial charge in [0.25, 0.3) is 0 Å². The Morgan fingerprint density at radius 2 is 2.36 bits per heavy atom. The van der Waals surface area contributed by atoms with E-state index in [1.54, 1.807) is 6.07 Å². The first-order chi connectivity index (χ1) is 5.24. The molecule has 0 amide bonds. The molecule has 1 aromatic rings. The first-order valence-corrected chi connectivity index (χ1v) is 3.26. The van der Waals surface area contributed by atoms with E-state index in [0.717, 1.165) is 0 Å². The Kier molecular flexibility index (Phi) is 2.31. The van der Waals surface area contributed by atoms with Crippen molar-refractivity contribution in [3.8, 4) is 0 Å². The summed E-state index contributed by atoms with van der Waals surface area (Å²) < 4.78 is 11.9. The standard InChI is InChI=1S/C8H8FNO/c1-6(11)7-2-3-8(4-9)10-5-7/h2-3,5H,4H2,1H3. The van der Waals surface area contributed by atoms with Crippen molar-refractivity contribution in [3.05, 3.63) is 29.6 Å². The minimum absolute atomic E-state index is 0.0529. The van der Waals surface area contributed by atoms with Gasteiger partial charge in [-0.2, -0.15) is 0 Å². The predicted molar refractivity (Wildman–Crippen MR) is 39.1 cm³/mol. The number of rotatable bonds is 2. The molecule has 0 radical (unpaired) electrons. The second-order valence-corrected chi connectivity index (χ2v) is 2.23. The lowest BCUT2D eigenvalue weighted by Gasteiger charge is -1.94. The molecule has 1 heterocycles. The molecule has 0 aliphatic heterocycles. The van der Waals surface area contributed by atoms with Crippen LogP contribution in [0.3, 0.4) is 0 Å². The van der Waals surface area contributed by atoms with Gasteiger partial charge >= 0.3 is 0 Å². The third kappa shape index (κ3) is 1.83. The molecule has 0 aromatic carbocycles. The zero-order valence-electron chi connectivity index (χ0n) is 6.17. The molecule has 0 saturated heterocycles.